The average Bonchev–Trinajstić information content (AvgIpc) is 3.26. The van der Waals surface area contributed by atoms with Crippen LogP contribution in [0, 0.1) is 19.7 Å². The van der Waals surface area contributed by atoms with E-state index in [1.54, 1.807) is 6.92 Å². The molecule has 7 nitrogen and oxygen atoms in total. The largest absolute Gasteiger partial charge is 0.381 e. The molecule has 0 bridgehead atoms. The van der Waals surface area contributed by atoms with Crippen molar-refractivity contribution in [1.82, 2.24) is 20.4 Å². The Kier molecular flexibility index (Phi) is 6.29. The van der Waals surface area contributed by atoms with Gasteiger partial charge in [0, 0.05) is 43.8 Å². The summed E-state index contributed by atoms with van der Waals surface area (Å²) < 4.78 is 26.4. The monoisotopic (exact) mass is 453 g/mol. The van der Waals surface area contributed by atoms with Crippen molar-refractivity contribution in [2.75, 3.05) is 31.2 Å². The SMILES string of the molecule is CCc1ccc2nc(N3CCC(NC4CCOCC4)CC3)c(-c3nc(C)no3)c(C)c2c1F. The predicted molar refractivity (Wildman–Crippen MR) is 126 cm³/mol. The Hall–Kier alpha value is -2.58. The summed E-state index contributed by atoms with van der Waals surface area (Å²) in [5.74, 6) is 1.55. The first-order chi connectivity index (χ1) is 16.0. The number of piperidine rings is 1. The lowest BCUT2D eigenvalue weighted by molar-refractivity contribution is 0.0738. The van der Waals surface area contributed by atoms with Gasteiger partial charge in [-0.3, -0.25) is 0 Å². The first kappa shape index (κ1) is 22.2. The van der Waals surface area contributed by atoms with Crippen LogP contribution in [-0.2, 0) is 11.2 Å². The summed E-state index contributed by atoms with van der Waals surface area (Å²) in [4.78, 5) is 11.7. The zero-order valence-electron chi connectivity index (χ0n) is 19.7. The molecule has 4 heterocycles. The third-order valence-corrected chi connectivity index (χ3v) is 7.01. The summed E-state index contributed by atoms with van der Waals surface area (Å²) in [5.41, 5.74) is 2.90. The van der Waals surface area contributed by atoms with Gasteiger partial charge in [0.05, 0.1) is 11.1 Å². The Morgan fingerprint density at radius 2 is 1.79 bits per heavy atom. The molecule has 2 aliphatic rings. The molecule has 2 saturated heterocycles. The van der Waals surface area contributed by atoms with Gasteiger partial charge in [0.25, 0.3) is 5.89 Å². The van der Waals surface area contributed by atoms with E-state index in [0.29, 0.717) is 46.7 Å². The number of hydrogen-bond donors (Lipinski definition) is 1. The number of ether oxygens (including phenoxy) is 1. The van der Waals surface area contributed by atoms with E-state index in [2.05, 4.69) is 20.4 Å². The van der Waals surface area contributed by atoms with Gasteiger partial charge < -0.3 is 19.5 Å². The van der Waals surface area contributed by atoms with Crippen LogP contribution in [0.25, 0.3) is 22.4 Å². The summed E-state index contributed by atoms with van der Waals surface area (Å²) in [6.07, 6.45) is 4.85. The van der Waals surface area contributed by atoms with Gasteiger partial charge >= 0.3 is 0 Å². The van der Waals surface area contributed by atoms with Crippen molar-refractivity contribution in [3.05, 3.63) is 34.9 Å². The number of benzene rings is 1. The van der Waals surface area contributed by atoms with Crippen LogP contribution in [0.15, 0.2) is 16.7 Å². The number of fused-ring (bicyclic) bond motifs is 1. The van der Waals surface area contributed by atoms with Crippen molar-refractivity contribution in [2.24, 2.45) is 0 Å². The molecule has 0 aliphatic carbocycles. The van der Waals surface area contributed by atoms with Crippen LogP contribution in [0.4, 0.5) is 10.2 Å². The maximum absolute atomic E-state index is 15.3. The van der Waals surface area contributed by atoms with E-state index in [0.717, 1.165) is 68.9 Å². The highest BCUT2D eigenvalue weighted by Crippen LogP contribution is 2.38. The second-order valence-electron chi connectivity index (χ2n) is 9.18. The van der Waals surface area contributed by atoms with Crippen molar-refractivity contribution in [2.45, 2.75) is 65.0 Å². The molecule has 2 aromatic heterocycles. The Bertz CT molecular complexity index is 1130. The molecule has 2 fully saturated rings. The lowest BCUT2D eigenvalue weighted by Crippen LogP contribution is -2.48. The molecule has 176 valence electrons. The van der Waals surface area contributed by atoms with Crippen molar-refractivity contribution >= 4 is 16.7 Å². The molecule has 5 rings (SSSR count). The lowest BCUT2D eigenvalue weighted by atomic mass is 9.97. The van der Waals surface area contributed by atoms with Crippen LogP contribution in [0.1, 0.15) is 49.6 Å². The Balaban J connectivity index is 1.48. The average molecular weight is 454 g/mol. The highest BCUT2D eigenvalue weighted by Gasteiger charge is 2.29. The fourth-order valence-corrected chi connectivity index (χ4v) is 5.13. The Labute approximate surface area is 193 Å². The molecule has 0 saturated carbocycles. The van der Waals surface area contributed by atoms with Gasteiger partial charge in [0.1, 0.15) is 11.6 Å². The third-order valence-electron chi connectivity index (χ3n) is 7.01. The van der Waals surface area contributed by atoms with Gasteiger partial charge in [0.15, 0.2) is 5.82 Å². The van der Waals surface area contributed by atoms with E-state index >= 15 is 4.39 Å². The maximum atomic E-state index is 15.3. The fourth-order valence-electron chi connectivity index (χ4n) is 5.13. The van der Waals surface area contributed by atoms with Crippen molar-refractivity contribution in [3.63, 3.8) is 0 Å². The van der Waals surface area contributed by atoms with Crippen molar-refractivity contribution < 1.29 is 13.7 Å². The predicted octanol–water partition coefficient (Wildman–Crippen LogP) is 4.34. The summed E-state index contributed by atoms with van der Waals surface area (Å²) >= 11 is 0. The van der Waals surface area contributed by atoms with Gasteiger partial charge in [-0.05, 0) is 63.1 Å². The normalized spacial score (nSPS) is 18.4. The smallest absolute Gasteiger partial charge is 0.261 e. The van der Waals surface area contributed by atoms with Crippen LogP contribution >= 0.6 is 0 Å². The van der Waals surface area contributed by atoms with Crippen LogP contribution in [0.5, 0.6) is 0 Å². The van der Waals surface area contributed by atoms with E-state index in [9.17, 15) is 0 Å². The molecule has 3 aromatic rings. The number of nitrogens with one attached hydrogen (secondary N) is 1. The van der Waals surface area contributed by atoms with Crippen LogP contribution in [-0.4, -0.2) is 53.5 Å². The minimum Gasteiger partial charge on any atom is -0.381 e. The maximum Gasteiger partial charge on any atom is 0.261 e. The number of rotatable bonds is 5. The third kappa shape index (κ3) is 4.34. The quantitative estimate of drug-likeness (QED) is 0.616. The summed E-state index contributed by atoms with van der Waals surface area (Å²) in [6.45, 7) is 9.12. The molecular formula is C25H32FN5O2. The van der Waals surface area contributed by atoms with Gasteiger partial charge in [-0.2, -0.15) is 4.98 Å². The summed E-state index contributed by atoms with van der Waals surface area (Å²) in [7, 11) is 0. The lowest BCUT2D eigenvalue weighted by Gasteiger charge is -2.37. The van der Waals surface area contributed by atoms with Gasteiger partial charge in [-0.1, -0.05) is 18.1 Å². The molecule has 0 radical (unpaired) electrons. The van der Waals surface area contributed by atoms with Crippen LogP contribution in [0.2, 0.25) is 0 Å². The highest BCUT2D eigenvalue weighted by molar-refractivity contribution is 5.93. The van der Waals surface area contributed by atoms with Gasteiger partial charge in [-0.25, -0.2) is 9.37 Å². The van der Waals surface area contributed by atoms with Gasteiger partial charge in [0.2, 0.25) is 0 Å². The van der Waals surface area contributed by atoms with Crippen LogP contribution in [0.3, 0.4) is 0 Å². The number of nitrogens with zero attached hydrogens (tertiary/aromatic N) is 4. The van der Waals surface area contributed by atoms with E-state index in [4.69, 9.17) is 14.2 Å². The number of aromatic nitrogens is 3. The molecule has 33 heavy (non-hydrogen) atoms. The first-order valence-electron chi connectivity index (χ1n) is 12.1. The van der Waals surface area contributed by atoms with Gasteiger partial charge in [-0.15, -0.1) is 0 Å². The first-order valence-corrected chi connectivity index (χ1v) is 12.1. The fraction of sp³-hybridized carbons (Fsp3) is 0.560. The number of halogens is 1. The zero-order valence-corrected chi connectivity index (χ0v) is 19.7. The molecule has 0 amide bonds. The highest BCUT2D eigenvalue weighted by atomic mass is 19.1. The van der Waals surface area contributed by atoms with Crippen LogP contribution < -0.4 is 10.2 Å². The molecule has 0 spiro atoms. The second kappa shape index (κ2) is 9.35. The Morgan fingerprint density at radius 3 is 2.45 bits per heavy atom. The molecule has 1 aromatic carbocycles. The molecule has 0 unspecified atom stereocenters. The molecule has 1 N–H and O–H groups in total. The Morgan fingerprint density at radius 1 is 1.06 bits per heavy atom. The molecule has 0 atom stereocenters. The number of anilines is 1. The van der Waals surface area contributed by atoms with E-state index < -0.39 is 0 Å². The molecule has 2 aliphatic heterocycles. The van der Waals surface area contributed by atoms with E-state index in [1.165, 1.54) is 0 Å². The molecule has 8 heteroatoms. The summed E-state index contributed by atoms with van der Waals surface area (Å²) in [6, 6.07) is 4.80. The number of aryl methyl sites for hydroxylation is 3. The van der Waals surface area contributed by atoms with E-state index in [1.807, 2.05) is 26.0 Å². The van der Waals surface area contributed by atoms with E-state index in [-0.39, 0.29) is 5.82 Å². The summed E-state index contributed by atoms with van der Waals surface area (Å²) in [5, 5.41) is 8.35. The number of hydrogen-bond acceptors (Lipinski definition) is 7. The second-order valence-corrected chi connectivity index (χ2v) is 9.18. The van der Waals surface area contributed by atoms with Crippen molar-refractivity contribution in [1.29, 1.82) is 0 Å². The molecular weight excluding hydrogens is 421 g/mol. The standard InChI is InChI=1S/C25H32FN5O2/c1-4-17-5-6-20-21(23(17)26)15(2)22(25-27-16(3)30-33-25)24(29-20)31-11-7-18(8-12-31)28-19-9-13-32-14-10-19/h5-6,18-19,28H,4,7-14H2,1-3H3. The minimum atomic E-state index is -0.205. The topological polar surface area (TPSA) is 76.3 Å². The van der Waals surface area contributed by atoms with Crippen molar-refractivity contribution in [3.8, 4) is 11.5 Å². The number of pyridine rings is 1. The zero-order chi connectivity index (χ0) is 22.9. The minimum absolute atomic E-state index is 0.205.